The molecule has 3 heteroatoms. The van der Waals surface area contributed by atoms with Crippen molar-refractivity contribution in [1.29, 1.82) is 0 Å². The predicted molar refractivity (Wildman–Crippen MR) is 61.6 cm³/mol. The molecule has 74 valence electrons. The summed E-state index contributed by atoms with van der Waals surface area (Å²) < 4.78 is 10.3. The molecular formula is C11H15NOSi. The number of ether oxygens (including phenoxy) is 1. The number of benzene rings is 1. The van der Waals surface area contributed by atoms with Crippen molar-refractivity contribution in [2.45, 2.75) is 26.1 Å². The maximum atomic E-state index is 5.67. The highest BCUT2D eigenvalue weighted by Gasteiger charge is 2.21. The van der Waals surface area contributed by atoms with Gasteiger partial charge in [-0.05, 0) is 25.7 Å². The largest absolute Gasteiger partial charge is 0.444 e. The molecule has 1 aromatic rings. The van der Waals surface area contributed by atoms with E-state index in [4.69, 9.17) is 4.74 Å². The minimum Gasteiger partial charge on any atom is -0.444 e. The van der Waals surface area contributed by atoms with Gasteiger partial charge in [-0.1, -0.05) is 18.2 Å². The van der Waals surface area contributed by atoms with Crippen LogP contribution in [0.3, 0.4) is 0 Å². The second-order valence-corrected chi connectivity index (χ2v) is 9.13. The summed E-state index contributed by atoms with van der Waals surface area (Å²) in [5.74, 6) is 1.87. The van der Waals surface area contributed by atoms with Gasteiger partial charge in [0.05, 0.1) is 6.42 Å². The first-order valence-electron chi connectivity index (χ1n) is 4.89. The van der Waals surface area contributed by atoms with E-state index in [1.165, 1.54) is 5.56 Å². The molecule has 0 fully saturated rings. The molecule has 1 aromatic carbocycles. The maximum Gasteiger partial charge on any atom is 0.185 e. The summed E-state index contributed by atoms with van der Waals surface area (Å²) in [6.07, 6.45) is 0.862. The highest BCUT2D eigenvalue weighted by atomic mass is 28.3. The molecule has 0 aliphatic carbocycles. The summed E-state index contributed by atoms with van der Waals surface area (Å²) in [7, 11) is -1.40. The van der Waals surface area contributed by atoms with E-state index in [-0.39, 0.29) is 0 Å². The van der Waals surface area contributed by atoms with Crippen LogP contribution in [0.2, 0.25) is 19.6 Å². The summed E-state index contributed by atoms with van der Waals surface area (Å²) in [6, 6.07) is 8.14. The minimum atomic E-state index is -1.40. The Morgan fingerprint density at radius 3 is 2.57 bits per heavy atom. The summed E-state index contributed by atoms with van der Waals surface area (Å²) in [5.41, 5.74) is 1.25. The Hall–Kier alpha value is -1.09. The van der Waals surface area contributed by atoms with Crippen molar-refractivity contribution in [3.05, 3.63) is 29.8 Å². The van der Waals surface area contributed by atoms with E-state index < -0.39 is 8.24 Å². The molecule has 0 aromatic heterocycles. The van der Waals surface area contributed by atoms with Crippen LogP contribution in [0.4, 0.5) is 0 Å². The van der Waals surface area contributed by atoms with Gasteiger partial charge in [-0.2, -0.15) is 0 Å². The SMILES string of the molecule is C[Si](C)(C)/N=C1/Cc2ccccc2O1. The van der Waals surface area contributed by atoms with Gasteiger partial charge in [-0.25, -0.2) is 0 Å². The van der Waals surface area contributed by atoms with Gasteiger partial charge in [0.1, 0.15) is 5.75 Å². The van der Waals surface area contributed by atoms with E-state index in [9.17, 15) is 0 Å². The highest BCUT2D eigenvalue weighted by molar-refractivity contribution is 6.75. The summed E-state index contributed by atoms with van der Waals surface area (Å²) >= 11 is 0. The molecule has 0 atom stereocenters. The van der Waals surface area contributed by atoms with Crippen molar-refractivity contribution in [2.75, 3.05) is 0 Å². The van der Waals surface area contributed by atoms with E-state index >= 15 is 0 Å². The predicted octanol–water partition coefficient (Wildman–Crippen LogP) is 2.85. The standard InChI is InChI=1S/C11H15NOSi/c1-14(2,3)12-11-8-9-6-4-5-7-10(9)13-11/h4-7H,8H2,1-3H3/b12-11-. The van der Waals surface area contributed by atoms with Gasteiger partial charge < -0.3 is 4.74 Å². The van der Waals surface area contributed by atoms with Gasteiger partial charge in [0.15, 0.2) is 14.1 Å². The molecule has 1 heterocycles. The molecule has 0 radical (unpaired) electrons. The zero-order valence-electron chi connectivity index (χ0n) is 8.87. The molecule has 0 saturated heterocycles. The molecule has 1 aliphatic rings. The van der Waals surface area contributed by atoms with Crippen molar-refractivity contribution in [2.24, 2.45) is 4.66 Å². The van der Waals surface area contributed by atoms with Crippen LogP contribution in [0, 0.1) is 0 Å². The molecule has 0 saturated carbocycles. The number of rotatable bonds is 1. The van der Waals surface area contributed by atoms with Crippen molar-refractivity contribution >= 4 is 14.1 Å². The van der Waals surface area contributed by atoms with Crippen LogP contribution in [-0.2, 0) is 6.42 Å². The Morgan fingerprint density at radius 2 is 1.93 bits per heavy atom. The molecule has 0 amide bonds. The van der Waals surface area contributed by atoms with Gasteiger partial charge >= 0.3 is 0 Å². The lowest BCUT2D eigenvalue weighted by atomic mass is 10.2. The van der Waals surface area contributed by atoms with Crippen LogP contribution in [0.1, 0.15) is 5.56 Å². The lowest BCUT2D eigenvalue weighted by Gasteiger charge is -2.09. The Balaban J connectivity index is 2.24. The Morgan fingerprint density at radius 1 is 1.21 bits per heavy atom. The normalized spacial score (nSPS) is 18.1. The highest BCUT2D eigenvalue weighted by Crippen LogP contribution is 2.26. The van der Waals surface area contributed by atoms with E-state index in [0.717, 1.165) is 18.1 Å². The number of para-hydroxylation sites is 1. The van der Waals surface area contributed by atoms with Gasteiger partial charge in [0, 0.05) is 5.56 Å². The average Bonchev–Trinajstić information content (AvgIpc) is 2.42. The first-order valence-corrected chi connectivity index (χ1v) is 8.34. The number of hydrogen-bond donors (Lipinski definition) is 0. The fourth-order valence-electron chi connectivity index (χ4n) is 1.51. The molecule has 0 spiro atoms. The van der Waals surface area contributed by atoms with Gasteiger partial charge in [-0.15, -0.1) is 0 Å². The van der Waals surface area contributed by atoms with Gasteiger partial charge in [0.25, 0.3) is 0 Å². The number of fused-ring (bicyclic) bond motifs is 1. The summed E-state index contributed by atoms with van der Waals surface area (Å²) in [5, 5.41) is 0. The minimum absolute atomic E-state index is 0.862. The summed E-state index contributed by atoms with van der Waals surface area (Å²) in [4.78, 5) is 0. The third-order valence-electron chi connectivity index (χ3n) is 2.00. The van der Waals surface area contributed by atoms with Crippen molar-refractivity contribution in [1.82, 2.24) is 0 Å². The third-order valence-corrected chi connectivity index (χ3v) is 2.92. The van der Waals surface area contributed by atoms with Crippen molar-refractivity contribution < 1.29 is 4.74 Å². The summed E-state index contributed by atoms with van der Waals surface area (Å²) in [6.45, 7) is 6.64. The molecule has 0 N–H and O–H groups in total. The maximum absolute atomic E-state index is 5.67. The molecule has 2 rings (SSSR count). The Kier molecular flexibility index (Phi) is 2.19. The molecule has 14 heavy (non-hydrogen) atoms. The molecule has 0 bridgehead atoms. The van der Waals surface area contributed by atoms with Crippen LogP contribution in [0.5, 0.6) is 5.75 Å². The van der Waals surface area contributed by atoms with E-state index in [1.807, 2.05) is 18.2 Å². The van der Waals surface area contributed by atoms with Crippen molar-refractivity contribution in [3.63, 3.8) is 0 Å². The lowest BCUT2D eigenvalue weighted by Crippen LogP contribution is -2.21. The monoisotopic (exact) mass is 205 g/mol. The van der Waals surface area contributed by atoms with Crippen LogP contribution >= 0.6 is 0 Å². The Bertz CT molecular complexity index is 352. The van der Waals surface area contributed by atoms with E-state index in [1.54, 1.807) is 0 Å². The molecular weight excluding hydrogens is 190 g/mol. The fraction of sp³-hybridized carbons (Fsp3) is 0.364. The van der Waals surface area contributed by atoms with Gasteiger partial charge in [-0.3, -0.25) is 4.66 Å². The topological polar surface area (TPSA) is 21.6 Å². The fourth-order valence-corrected chi connectivity index (χ4v) is 2.38. The second-order valence-electron chi connectivity index (χ2n) is 4.56. The van der Waals surface area contributed by atoms with Crippen LogP contribution < -0.4 is 4.74 Å². The third kappa shape index (κ3) is 2.04. The van der Waals surface area contributed by atoms with E-state index in [0.29, 0.717) is 0 Å². The first kappa shape index (κ1) is 9.46. The average molecular weight is 205 g/mol. The molecule has 1 aliphatic heterocycles. The number of hydrogen-bond acceptors (Lipinski definition) is 2. The van der Waals surface area contributed by atoms with Crippen LogP contribution in [0.15, 0.2) is 28.9 Å². The van der Waals surface area contributed by atoms with Crippen LogP contribution in [-0.4, -0.2) is 14.1 Å². The first-order chi connectivity index (χ1) is 6.54. The van der Waals surface area contributed by atoms with Gasteiger partial charge in [0.2, 0.25) is 0 Å². The Labute approximate surface area is 85.7 Å². The van der Waals surface area contributed by atoms with Crippen LogP contribution in [0.25, 0.3) is 0 Å². The second kappa shape index (κ2) is 3.24. The lowest BCUT2D eigenvalue weighted by molar-refractivity contribution is 0.566. The van der Waals surface area contributed by atoms with E-state index in [2.05, 4.69) is 30.4 Å². The molecule has 0 unspecified atom stereocenters. The number of nitrogens with zero attached hydrogens (tertiary/aromatic N) is 1. The zero-order chi connectivity index (χ0) is 10.2. The smallest absolute Gasteiger partial charge is 0.185 e. The quantitative estimate of drug-likeness (QED) is 0.646. The van der Waals surface area contributed by atoms with Crippen molar-refractivity contribution in [3.8, 4) is 5.75 Å². The molecule has 2 nitrogen and oxygen atoms in total. The zero-order valence-corrected chi connectivity index (χ0v) is 9.87.